The van der Waals surface area contributed by atoms with Crippen molar-refractivity contribution in [2.75, 3.05) is 30.9 Å². The van der Waals surface area contributed by atoms with Crippen LogP contribution in [0.3, 0.4) is 0 Å². The summed E-state index contributed by atoms with van der Waals surface area (Å²) in [6, 6.07) is 12.0. The number of carbonyl (C=O) groups is 2. The number of ether oxygens (including phenoxy) is 2. The molecule has 0 saturated carbocycles. The van der Waals surface area contributed by atoms with Gasteiger partial charge in [-0.3, -0.25) is 4.79 Å². The maximum absolute atomic E-state index is 13.0. The molecule has 1 unspecified atom stereocenters. The molecule has 1 aromatic carbocycles. The van der Waals surface area contributed by atoms with Crippen molar-refractivity contribution in [2.24, 2.45) is 5.92 Å². The zero-order valence-corrected chi connectivity index (χ0v) is 21.1. The summed E-state index contributed by atoms with van der Waals surface area (Å²) in [5, 5.41) is 6.99. The molecule has 3 heterocycles. The average Bonchev–Trinajstić information content (AvgIpc) is 3.52. The van der Waals surface area contributed by atoms with Crippen LogP contribution in [-0.4, -0.2) is 47.8 Å². The summed E-state index contributed by atoms with van der Waals surface area (Å²) < 4.78 is 12.6. The summed E-state index contributed by atoms with van der Waals surface area (Å²) in [5.74, 6) is -0.329. The topological polar surface area (TPSA) is 94.5 Å². The number of methoxy groups -OCH3 is 1. The van der Waals surface area contributed by atoms with E-state index in [1.54, 1.807) is 6.20 Å². The second-order valence-corrected chi connectivity index (χ2v) is 9.24. The van der Waals surface area contributed by atoms with Crippen LogP contribution in [0.15, 0.2) is 54.7 Å². The van der Waals surface area contributed by atoms with Gasteiger partial charge in [-0.1, -0.05) is 56.3 Å². The van der Waals surface area contributed by atoms with Crippen molar-refractivity contribution in [3.8, 4) is 0 Å². The van der Waals surface area contributed by atoms with Crippen molar-refractivity contribution in [3.63, 3.8) is 0 Å². The molecule has 36 heavy (non-hydrogen) atoms. The first-order valence-electron chi connectivity index (χ1n) is 12.5. The molecule has 3 aromatic rings. The molecule has 2 aromatic heterocycles. The third kappa shape index (κ3) is 5.94. The number of anilines is 2. The highest BCUT2D eigenvalue weighted by molar-refractivity contribution is 6.12. The first kappa shape index (κ1) is 25.4. The Bertz CT molecular complexity index is 1230. The van der Waals surface area contributed by atoms with Gasteiger partial charge in [0.2, 0.25) is 0 Å². The SMILES string of the molecule is COC(=O)c1c(NC(=O)C2CCCO2)c2cc(NC/C=C/C(C)C)cnc2n1CCc1ccccc1. The quantitative estimate of drug-likeness (QED) is 0.313. The zero-order chi connectivity index (χ0) is 25.5. The monoisotopic (exact) mass is 490 g/mol. The Morgan fingerprint density at radius 1 is 1.28 bits per heavy atom. The summed E-state index contributed by atoms with van der Waals surface area (Å²) in [6.45, 7) is 5.94. The van der Waals surface area contributed by atoms with Gasteiger partial charge in [0, 0.05) is 25.1 Å². The Morgan fingerprint density at radius 2 is 2.08 bits per heavy atom. The van der Waals surface area contributed by atoms with Crippen molar-refractivity contribution in [1.82, 2.24) is 9.55 Å². The van der Waals surface area contributed by atoms with Crippen molar-refractivity contribution < 1.29 is 19.1 Å². The van der Waals surface area contributed by atoms with Crippen molar-refractivity contribution in [3.05, 3.63) is 66.0 Å². The summed E-state index contributed by atoms with van der Waals surface area (Å²) in [6.07, 6.45) is 7.59. The number of nitrogens with zero attached hydrogens (tertiary/aromatic N) is 2. The summed E-state index contributed by atoms with van der Waals surface area (Å²) >= 11 is 0. The van der Waals surface area contributed by atoms with Gasteiger partial charge in [0.25, 0.3) is 5.91 Å². The molecule has 2 N–H and O–H groups in total. The lowest BCUT2D eigenvalue weighted by molar-refractivity contribution is -0.124. The number of esters is 1. The van der Waals surface area contributed by atoms with Gasteiger partial charge < -0.3 is 24.7 Å². The van der Waals surface area contributed by atoms with Crippen LogP contribution in [0.2, 0.25) is 0 Å². The second-order valence-electron chi connectivity index (χ2n) is 9.24. The molecule has 0 bridgehead atoms. The number of amides is 1. The molecule has 1 fully saturated rings. The summed E-state index contributed by atoms with van der Waals surface area (Å²) in [4.78, 5) is 30.7. The molecule has 0 aliphatic carbocycles. The molecule has 1 saturated heterocycles. The van der Waals surface area contributed by atoms with E-state index in [0.29, 0.717) is 55.2 Å². The molecule has 1 aliphatic rings. The van der Waals surface area contributed by atoms with E-state index < -0.39 is 12.1 Å². The van der Waals surface area contributed by atoms with E-state index in [1.807, 2.05) is 41.0 Å². The summed E-state index contributed by atoms with van der Waals surface area (Å²) in [5.41, 5.74) is 3.21. The minimum absolute atomic E-state index is 0.266. The van der Waals surface area contributed by atoms with Crippen LogP contribution < -0.4 is 10.6 Å². The molecule has 0 radical (unpaired) electrons. The molecule has 1 amide bonds. The number of hydrogen-bond acceptors (Lipinski definition) is 6. The number of hydrogen-bond donors (Lipinski definition) is 2. The van der Waals surface area contributed by atoms with Crippen molar-refractivity contribution >= 4 is 34.3 Å². The number of benzene rings is 1. The van der Waals surface area contributed by atoms with E-state index in [1.165, 1.54) is 7.11 Å². The van der Waals surface area contributed by atoms with Crippen LogP contribution in [0.5, 0.6) is 0 Å². The van der Waals surface area contributed by atoms with E-state index in [2.05, 4.69) is 36.6 Å². The van der Waals surface area contributed by atoms with Crippen molar-refractivity contribution in [1.29, 1.82) is 0 Å². The summed E-state index contributed by atoms with van der Waals surface area (Å²) in [7, 11) is 1.34. The number of rotatable bonds is 10. The van der Waals surface area contributed by atoms with Gasteiger partial charge in [-0.15, -0.1) is 0 Å². The first-order valence-corrected chi connectivity index (χ1v) is 12.5. The molecule has 8 nitrogen and oxygen atoms in total. The van der Waals surface area contributed by atoms with E-state index in [4.69, 9.17) is 14.5 Å². The van der Waals surface area contributed by atoms with Gasteiger partial charge in [-0.25, -0.2) is 9.78 Å². The number of allylic oxidation sites excluding steroid dienone is 1. The van der Waals surface area contributed by atoms with Gasteiger partial charge in [0.15, 0.2) is 5.69 Å². The standard InChI is InChI=1S/C28H34N4O4/c1-19(2)9-7-14-29-21-17-22-24(31-27(33)23-12-8-16-36-23)25(28(34)35-3)32(26(22)30-18-21)15-13-20-10-5-4-6-11-20/h4-7,9-11,17-19,23,29H,8,12-16H2,1-3H3,(H,31,33)/b9-7+. The predicted octanol–water partition coefficient (Wildman–Crippen LogP) is 4.81. The maximum Gasteiger partial charge on any atom is 0.356 e. The molecular weight excluding hydrogens is 456 g/mol. The Hall–Kier alpha value is -3.65. The fourth-order valence-corrected chi connectivity index (χ4v) is 4.37. The number of fused-ring (bicyclic) bond motifs is 1. The third-order valence-electron chi connectivity index (χ3n) is 6.16. The number of aryl methyl sites for hydroxylation is 2. The Balaban J connectivity index is 1.74. The largest absolute Gasteiger partial charge is 0.464 e. The van der Waals surface area contributed by atoms with Gasteiger partial charge >= 0.3 is 5.97 Å². The van der Waals surface area contributed by atoms with Crippen LogP contribution in [0.4, 0.5) is 11.4 Å². The van der Waals surface area contributed by atoms with Crippen LogP contribution in [0.25, 0.3) is 11.0 Å². The van der Waals surface area contributed by atoms with Gasteiger partial charge in [-0.2, -0.15) is 0 Å². The van der Waals surface area contributed by atoms with Gasteiger partial charge in [0.1, 0.15) is 11.8 Å². The highest BCUT2D eigenvalue weighted by Crippen LogP contribution is 2.33. The predicted molar refractivity (Wildman–Crippen MR) is 141 cm³/mol. The second kappa shape index (κ2) is 11.9. The Morgan fingerprint density at radius 3 is 2.78 bits per heavy atom. The fraction of sp³-hybridized carbons (Fsp3) is 0.393. The number of pyridine rings is 1. The molecule has 8 heteroatoms. The minimum Gasteiger partial charge on any atom is -0.464 e. The average molecular weight is 491 g/mol. The molecular formula is C28H34N4O4. The lowest BCUT2D eigenvalue weighted by Gasteiger charge is -2.13. The number of aromatic nitrogens is 2. The fourth-order valence-electron chi connectivity index (χ4n) is 4.37. The minimum atomic E-state index is -0.534. The molecule has 1 aliphatic heterocycles. The first-order chi connectivity index (χ1) is 17.5. The normalized spacial score (nSPS) is 15.6. The smallest absolute Gasteiger partial charge is 0.356 e. The van der Waals surface area contributed by atoms with Gasteiger partial charge in [0.05, 0.1) is 24.7 Å². The molecule has 0 spiro atoms. The van der Waals surface area contributed by atoms with Gasteiger partial charge in [-0.05, 0) is 36.8 Å². The van der Waals surface area contributed by atoms with Crippen LogP contribution >= 0.6 is 0 Å². The highest BCUT2D eigenvalue weighted by atomic mass is 16.5. The van der Waals surface area contributed by atoms with E-state index in [9.17, 15) is 9.59 Å². The van der Waals surface area contributed by atoms with Crippen LogP contribution in [0.1, 0.15) is 42.7 Å². The Kier molecular flexibility index (Phi) is 8.38. The molecule has 190 valence electrons. The van der Waals surface area contributed by atoms with E-state index in [-0.39, 0.29) is 11.6 Å². The lowest BCUT2D eigenvalue weighted by atomic mass is 10.1. The van der Waals surface area contributed by atoms with Crippen LogP contribution in [-0.2, 0) is 27.2 Å². The molecule has 4 rings (SSSR count). The maximum atomic E-state index is 13.0. The van der Waals surface area contributed by atoms with E-state index >= 15 is 0 Å². The Labute approximate surface area is 211 Å². The van der Waals surface area contributed by atoms with Crippen molar-refractivity contribution in [2.45, 2.75) is 45.8 Å². The highest BCUT2D eigenvalue weighted by Gasteiger charge is 2.30. The van der Waals surface area contributed by atoms with Crippen LogP contribution in [0, 0.1) is 5.92 Å². The lowest BCUT2D eigenvalue weighted by Crippen LogP contribution is -2.28. The number of nitrogens with one attached hydrogen (secondary N) is 2. The number of carbonyl (C=O) groups excluding carboxylic acids is 2. The molecule has 1 atom stereocenters. The third-order valence-corrected chi connectivity index (χ3v) is 6.16. The zero-order valence-electron chi connectivity index (χ0n) is 21.1. The van der Waals surface area contributed by atoms with E-state index in [0.717, 1.165) is 17.7 Å².